The van der Waals surface area contributed by atoms with Crippen LogP contribution in [0.2, 0.25) is 0 Å². The maximum atomic E-state index is 13.6. The van der Waals surface area contributed by atoms with Gasteiger partial charge in [-0.05, 0) is 25.1 Å². The summed E-state index contributed by atoms with van der Waals surface area (Å²) in [4.78, 5) is 48.2. The Morgan fingerprint density at radius 1 is 1.30 bits per heavy atom. The van der Waals surface area contributed by atoms with Gasteiger partial charge in [-0.1, -0.05) is 0 Å². The van der Waals surface area contributed by atoms with Gasteiger partial charge < -0.3 is 31.3 Å². The van der Waals surface area contributed by atoms with Crippen LogP contribution in [0, 0.1) is 0 Å². The van der Waals surface area contributed by atoms with Gasteiger partial charge in [0, 0.05) is 18.8 Å². The molecular weight excluding hydrogens is 411 g/mol. The number of nitrogens with two attached hydrogens (primary N) is 1. The molecule has 1 atom stereocenters. The molecule has 2 rings (SSSR count). The van der Waals surface area contributed by atoms with Crippen molar-refractivity contribution in [3.63, 3.8) is 0 Å². The molecule has 10 nitrogen and oxygen atoms in total. The number of carbonyl (C=O) groups is 4. The minimum atomic E-state index is -4.84. The molecule has 0 saturated carbocycles. The highest BCUT2D eigenvalue weighted by Crippen LogP contribution is 2.38. The van der Waals surface area contributed by atoms with Crippen molar-refractivity contribution in [2.45, 2.75) is 19.1 Å². The molecule has 30 heavy (non-hydrogen) atoms. The molecule has 0 radical (unpaired) electrons. The normalized spacial score (nSPS) is 15.3. The lowest BCUT2D eigenvalue weighted by Crippen LogP contribution is -2.54. The molecule has 164 valence electrons. The van der Waals surface area contributed by atoms with E-state index in [0.717, 1.165) is 17.0 Å². The fourth-order valence-electron chi connectivity index (χ4n) is 2.67. The van der Waals surface area contributed by atoms with Gasteiger partial charge in [0.15, 0.2) is 6.04 Å². The third-order valence-electron chi connectivity index (χ3n) is 4.01. The maximum Gasteiger partial charge on any atom is 0.418 e. The van der Waals surface area contributed by atoms with Crippen LogP contribution in [0.25, 0.3) is 0 Å². The summed E-state index contributed by atoms with van der Waals surface area (Å²) >= 11 is 0. The first-order chi connectivity index (χ1) is 14.0. The van der Waals surface area contributed by atoms with Crippen molar-refractivity contribution in [2.24, 2.45) is 5.73 Å². The topological polar surface area (TPSA) is 143 Å². The number of hydrogen-bond donors (Lipinski definition) is 4. The number of nitrogens with one attached hydrogen (secondary N) is 3. The summed E-state index contributed by atoms with van der Waals surface area (Å²) in [7, 11) is 0. The molecule has 0 bridgehead atoms. The van der Waals surface area contributed by atoms with Crippen molar-refractivity contribution in [1.29, 1.82) is 0 Å². The summed E-state index contributed by atoms with van der Waals surface area (Å²) in [6.45, 7) is 1.47. The second-order valence-corrected chi connectivity index (χ2v) is 6.16. The monoisotopic (exact) mass is 431 g/mol. The van der Waals surface area contributed by atoms with Crippen molar-refractivity contribution in [1.82, 2.24) is 10.6 Å². The van der Waals surface area contributed by atoms with Crippen molar-refractivity contribution < 1.29 is 37.1 Å². The summed E-state index contributed by atoms with van der Waals surface area (Å²) < 4.78 is 45.6. The van der Waals surface area contributed by atoms with E-state index < -0.39 is 41.5 Å². The molecule has 0 aromatic heterocycles. The van der Waals surface area contributed by atoms with Gasteiger partial charge in [-0.2, -0.15) is 13.2 Å². The first kappa shape index (κ1) is 22.9. The Labute approximate surface area is 168 Å². The molecular formula is C17H20F3N5O5. The van der Waals surface area contributed by atoms with E-state index in [2.05, 4.69) is 10.6 Å². The molecule has 1 aliphatic rings. The molecule has 1 saturated heterocycles. The Hall–Kier alpha value is -3.35. The summed E-state index contributed by atoms with van der Waals surface area (Å²) in [5.41, 5.74) is 3.24. The summed E-state index contributed by atoms with van der Waals surface area (Å²) in [5, 5.41) is 6.43. The SMILES string of the molecule is CCNC(=O)N[C@@H](C(N)=O)C(=O)Nc1ccc(N2CCOCC2=O)c(C(F)(F)F)c1. The molecule has 5 amide bonds. The molecule has 0 unspecified atom stereocenters. The van der Waals surface area contributed by atoms with Crippen LogP contribution in [-0.4, -0.2) is 56.1 Å². The number of carbonyl (C=O) groups excluding carboxylic acids is 4. The second-order valence-electron chi connectivity index (χ2n) is 6.16. The second kappa shape index (κ2) is 9.43. The zero-order valence-electron chi connectivity index (χ0n) is 15.8. The Bertz CT molecular complexity index is 846. The van der Waals surface area contributed by atoms with E-state index in [4.69, 9.17) is 10.5 Å². The Balaban J connectivity index is 2.29. The Morgan fingerprint density at radius 3 is 2.57 bits per heavy atom. The van der Waals surface area contributed by atoms with Gasteiger partial charge in [0.1, 0.15) is 6.61 Å². The predicted octanol–water partition coefficient (Wildman–Crippen LogP) is 0.180. The molecule has 1 fully saturated rings. The number of urea groups is 1. The largest absolute Gasteiger partial charge is 0.418 e. The fraction of sp³-hybridized carbons (Fsp3) is 0.412. The Kier molecular flexibility index (Phi) is 7.21. The number of benzene rings is 1. The number of nitrogens with zero attached hydrogens (tertiary/aromatic N) is 1. The first-order valence-electron chi connectivity index (χ1n) is 8.78. The van der Waals surface area contributed by atoms with E-state index in [1.165, 1.54) is 0 Å². The van der Waals surface area contributed by atoms with Crippen molar-refractivity contribution in [3.8, 4) is 0 Å². The molecule has 1 aromatic rings. The highest BCUT2D eigenvalue weighted by atomic mass is 19.4. The van der Waals surface area contributed by atoms with Crippen LogP contribution >= 0.6 is 0 Å². The average Bonchev–Trinajstić information content (AvgIpc) is 2.66. The lowest BCUT2D eigenvalue weighted by molar-refractivity contribution is -0.137. The third kappa shape index (κ3) is 5.59. The van der Waals surface area contributed by atoms with Crippen molar-refractivity contribution in [2.75, 3.05) is 36.5 Å². The molecule has 1 heterocycles. The fourth-order valence-corrected chi connectivity index (χ4v) is 2.67. The Morgan fingerprint density at radius 2 is 2.00 bits per heavy atom. The molecule has 1 aliphatic heterocycles. The number of alkyl halides is 3. The van der Waals surface area contributed by atoms with Crippen LogP contribution in [0.15, 0.2) is 18.2 Å². The number of ether oxygens (including phenoxy) is 1. The molecule has 1 aromatic carbocycles. The van der Waals surface area contributed by atoms with Crippen LogP contribution < -0.4 is 26.6 Å². The summed E-state index contributed by atoms with van der Waals surface area (Å²) in [5.74, 6) is -2.97. The zero-order valence-corrected chi connectivity index (χ0v) is 15.8. The molecule has 5 N–H and O–H groups in total. The van der Waals surface area contributed by atoms with Gasteiger partial charge in [0.05, 0.1) is 17.9 Å². The zero-order chi connectivity index (χ0) is 22.5. The lowest BCUT2D eigenvalue weighted by Gasteiger charge is -2.29. The average molecular weight is 431 g/mol. The van der Waals surface area contributed by atoms with Crippen molar-refractivity contribution in [3.05, 3.63) is 23.8 Å². The number of anilines is 2. The highest BCUT2D eigenvalue weighted by Gasteiger charge is 2.37. The van der Waals surface area contributed by atoms with Crippen LogP contribution in [0.3, 0.4) is 0 Å². The van der Waals surface area contributed by atoms with Gasteiger partial charge in [0.25, 0.3) is 11.8 Å². The highest BCUT2D eigenvalue weighted by molar-refractivity contribution is 6.11. The van der Waals surface area contributed by atoms with E-state index in [1.54, 1.807) is 6.92 Å². The van der Waals surface area contributed by atoms with Gasteiger partial charge in [-0.15, -0.1) is 0 Å². The number of morpholine rings is 1. The molecule has 13 heteroatoms. The van der Waals surface area contributed by atoms with Gasteiger partial charge in [-0.3, -0.25) is 14.4 Å². The van der Waals surface area contributed by atoms with Crippen LogP contribution in [0.1, 0.15) is 12.5 Å². The van der Waals surface area contributed by atoms with E-state index in [0.29, 0.717) is 6.07 Å². The third-order valence-corrected chi connectivity index (χ3v) is 4.01. The minimum Gasteiger partial charge on any atom is -0.370 e. The van der Waals surface area contributed by atoms with Gasteiger partial charge in [0.2, 0.25) is 5.91 Å². The van der Waals surface area contributed by atoms with E-state index in [9.17, 15) is 32.3 Å². The standard InChI is InChI=1S/C17H20F3N5O5/c1-2-22-16(29)24-13(14(21)27)15(28)23-9-3-4-11(10(7-9)17(18,19)20)25-5-6-30-8-12(25)26/h3-4,7,13H,2,5-6,8H2,1H3,(H2,21,27)(H,23,28)(H2,22,24,29)/t13-/m0/s1. The van der Waals surface area contributed by atoms with Crippen LogP contribution in [0.4, 0.5) is 29.3 Å². The van der Waals surface area contributed by atoms with Crippen LogP contribution in [-0.2, 0) is 25.3 Å². The smallest absolute Gasteiger partial charge is 0.370 e. The number of amides is 5. The summed E-state index contributed by atoms with van der Waals surface area (Å²) in [6.07, 6.45) is -4.84. The van der Waals surface area contributed by atoms with Gasteiger partial charge >= 0.3 is 12.2 Å². The van der Waals surface area contributed by atoms with Crippen LogP contribution in [0.5, 0.6) is 0 Å². The van der Waals surface area contributed by atoms with Crippen molar-refractivity contribution >= 4 is 35.1 Å². The van der Waals surface area contributed by atoms with Gasteiger partial charge in [-0.25, -0.2) is 4.79 Å². The quantitative estimate of drug-likeness (QED) is 0.475. The number of primary amides is 1. The number of rotatable bonds is 6. The maximum absolute atomic E-state index is 13.6. The van der Waals surface area contributed by atoms with E-state index in [-0.39, 0.29) is 37.7 Å². The van der Waals surface area contributed by atoms with E-state index >= 15 is 0 Å². The lowest BCUT2D eigenvalue weighted by atomic mass is 10.1. The predicted molar refractivity (Wildman–Crippen MR) is 98.4 cm³/mol. The molecule has 0 aliphatic carbocycles. The number of hydrogen-bond acceptors (Lipinski definition) is 5. The van der Waals surface area contributed by atoms with E-state index in [1.807, 2.05) is 5.32 Å². The number of halogens is 3. The first-order valence-corrected chi connectivity index (χ1v) is 8.78. The minimum absolute atomic E-state index is 0.0617. The summed E-state index contributed by atoms with van der Waals surface area (Å²) in [6, 6.07) is 0.119. The molecule has 0 spiro atoms.